The van der Waals surface area contributed by atoms with Crippen molar-refractivity contribution in [3.8, 4) is 0 Å². The van der Waals surface area contributed by atoms with Crippen LogP contribution in [0.3, 0.4) is 0 Å². The summed E-state index contributed by atoms with van der Waals surface area (Å²) in [4.78, 5) is 11.3. The highest BCUT2D eigenvalue weighted by Gasteiger charge is 2.02. The van der Waals surface area contributed by atoms with Crippen LogP contribution in [-0.2, 0) is 10.5 Å². The zero-order valence-electron chi connectivity index (χ0n) is 8.32. The van der Waals surface area contributed by atoms with Crippen molar-refractivity contribution in [1.29, 1.82) is 0 Å². The maximum atomic E-state index is 11.3. The molecule has 0 unspecified atom stereocenters. The van der Waals surface area contributed by atoms with Crippen molar-refractivity contribution in [3.63, 3.8) is 0 Å². The molecule has 1 aromatic rings. The normalized spacial score (nSPS) is 9.79. The zero-order chi connectivity index (χ0) is 10.4. The third kappa shape index (κ3) is 4.28. The van der Waals surface area contributed by atoms with Crippen LogP contribution in [0.25, 0.3) is 0 Å². The van der Waals surface area contributed by atoms with Crippen molar-refractivity contribution in [2.24, 2.45) is 0 Å². The Bertz CT molecular complexity index is 316. The van der Waals surface area contributed by atoms with Crippen molar-refractivity contribution < 1.29 is 4.79 Å². The van der Waals surface area contributed by atoms with Crippen molar-refractivity contribution >= 4 is 16.9 Å². The van der Waals surface area contributed by atoms with E-state index >= 15 is 0 Å². The molecule has 0 N–H and O–H groups in total. The van der Waals surface area contributed by atoms with Gasteiger partial charge >= 0.3 is 0 Å². The Morgan fingerprint density at radius 2 is 2.00 bits per heavy atom. The maximum Gasteiger partial charge on any atom is 0.193 e. The molecule has 0 atom stereocenters. The highest BCUT2D eigenvalue weighted by molar-refractivity contribution is 8.12. The van der Waals surface area contributed by atoms with Crippen molar-refractivity contribution in [2.45, 2.75) is 19.1 Å². The lowest BCUT2D eigenvalue weighted by molar-refractivity contribution is -0.110. The van der Waals surface area contributed by atoms with Crippen LogP contribution in [0.1, 0.15) is 18.9 Å². The minimum atomic E-state index is 0.196. The van der Waals surface area contributed by atoms with E-state index < -0.39 is 0 Å². The Morgan fingerprint density at radius 1 is 1.36 bits per heavy atom. The first-order valence-corrected chi connectivity index (χ1v) is 5.51. The second kappa shape index (κ2) is 5.66. The molecule has 1 nitrogen and oxygen atoms in total. The highest BCUT2D eigenvalue weighted by atomic mass is 32.2. The molecule has 74 valence electrons. The van der Waals surface area contributed by atoms with Crippen LogP contribution in [0.5, 0.6) is 0 Å². The van der Waals surface area contributed by atoms with Crippen LogP contribution >= 0.6 is 11.8 Å². The molecule has 14 heavy (non-hydrogen) atoms. The first kappa shape index (κ1) is 11.1. The Balaban J connectivity index is 2.34. The number of thioether (sulfide) groups is 1. The van der Waals surface area contributed by atoms with E-state index in [4.69, 9.17) is 0 Å². The number of carbonyl (C=O) groups excluding carboxylic acids is 1. The Morgan fingerprint density at radius 3 is 2.57 bits per heavy atom. The molecule has 0 aliphatic heterocycles. The predicted octanol–water partition coefficient (Wildman–Crippen LogP) is 3.41. The lowest BCUT2D eigenvalue weighted by Gasteiger charge is -2.00. The van der Waals surface area contributed by atoms with Gasteiger partial charge in [0.25, 0.3) is 0 Å². The summed E-state index contributed by atoms with van der Waals surface area (Å²) in [6.45, 7) is 5.59. The monoisotopic (exact) mass is 206 g/mol. The number of hydrogen-bond donors (Lipinski definition) is 0. The number of hydrogen-bond acceptors (Lipinski definition) is 2. The zero-order valence-corrected chi connectivity index (χ0v) is 9.14. The smallest absolute Gasteiger partial charge is 0.193 e. The summed E-state index contributed by atoms with van der Waals surface area (Å²) in [5, 5.41) is 0.196. The van der Waals surface area contributed by atoms with Gasteiger partial charge < -0.3 is 0 Å². The minimum Gasteiger partial charge on any atom is -0.287 e. The molecule has 0 fully saturated rings. The summed E-state index contributed by atoms with van der Waals surface area (Å²) in [6, 6.07) is 10.0. The molecule has 0 aromatic heterocycles. The van der Waals surface area contributed by atoms with Gasteiger partial charge in [-0.2, -0.15) is 0 Å². The fourth-order valence-electron chi connectivity index (χ4n) is 1.04. The van der Waals surface area contributed by atoms with Crippen LogP contribution in [0.15, 0.2) is 42.5 Å². The van der Waals surface area contributed by atoms with Gasteiger partial charge in [-0.1, -0.05) is 54.2 Å². The lowest BCUT2D eigenvalue weighted by atomic mass is 10.2. The maximum absolute atomic E-state index is 11.3. The Hall–Kier alpha value is -1.02. The van der Waals surface area contributed by atoms with Crippen molar-refractivity contribution in [1.82, 2.24) is 0 Å². The largest absolute Gasteiger partial charge is 0.287 e. The highest BCUT2D eigenvalue weighted by Crippen LogP contribution is 2.15. The molecule has 0 aliphatic carbocycles. The number of allylic oxidation sites excluding steroid dienone is 1. The molecule has 0 saturated heterocycles. The summed E-state index contributed by atoms with van der Waals surface area (Å²) in [6.07, 6.45) is 0.484. The summed E-state index contributed by atoms with van der Waals surface area (Å²) in [5.74, 6) is 0.757. The van der Waals surface area contributed by atoms with Crippen LogP contribution in [0.4, 0.5) is 0 Å². The number of carbonyl (C=O) groups is 1. The molecule has 0 amide bonds. The molecule has 0 aliphatic rings. The molecule has 0 radical (unpaired) electrons. The van der Waals surface area contributed by atoms with E-state index in [2.05, 4.69) is 6.58 Å². The minimum absolute atomic E-state index is 0.196. The fraction of sp³-hybridized carbons (Fsp3) is 0.250. The molecule has 2 heteroatoms. The van der Waals surface area contributed by atoms with E-state index in [1.807, 2.05) is 37.3 Å². The molecule has 0 saturated carbocycles. The molecule has 1 aromatic carbocycles. The average molecular weight is 206 g/mol. The van der Waals surface area contributed by atoms with Gasteiger partial charge in [-0.3, -0.25) is 4.79 Å². The molecule has 0 heterocycles. The Kier molecular flexibility index (Phi) is 4.47. The Labute approximate surface area is 89.2 Å². The molecule has 1 rings (SSSR count). The van der Waals surface area contributed by atoms with Gasteiger partial charge in [0.2, 0.25) is 0 Å². The predicted molar refractivity (Wildman–Crippen MR) is 62.2 cm³/mol. The quantitative estimate of drug-likeness (QED) is 0.702. The average Bonchev–Trinajstić information content (AvgIpc) is 2.15. The van der Waals surface area contributed by atoms with E-state index in [1.54, 1.807) is 0 Å². The summed E-state index contributed by atoms with van der Waals surface area (Å²) in [5.41, 5.74) is 2.11. The third-order valence-electron chi connectivity index (χ3n) is 1.69. The molecule has 0 spiro atoms. The summed E-state index contributed by atoms with van der Waals surface area (Å²) < 4.78 is 0. The van der Waals surface area contributed by atoms with Gasteiger partial charge in [0, 0.05) is 12.2 Å². The lowest BCUT2D eigenvalue weighted by Crippen LogP contribution is -1.92. The standard InChI is InChI=1S/C12H14OS/c1-10(2)8-12(13)14-9-11-6-4-3-5-7-11/h3-7H,1,8-9H2,2H3. The number of benzene rings is 1. The van der Waals surface area contributed by atoms with E-state index in [0.29, 0.717) is 6.42 Å². The number of rotatable bonds is 4. The van der Waals surface area contributed by atoms with Gasteiger partial charge in [0.1, 0.15) is 0 Å². The van der Waals surface area contributed by atoms with Crippen LogP contribution < -0.4 is 0 Å². The first-order valence-electron chi connectivity index (χ1n) is 4.52. The van der Waals surface area contributed by atoms with Crippen LogP contribution in [0.2, 0.25) is 0 Å². The SMILES string of the molecule is C=C(C)CC(=O)SCc1ccccc1. The second-order valence-corrected chi connectivity index (χ2v) is 4.31. The molecular weight excluding hydrogens is 192 g/mol. The van der Waals surface area contributed by atoms with Crippen molar-refractivity contribution in [2.75, 3.05) is 0 Å². The van der Waals surface area contributed by atoms with Crippen LogP contribution in [-0.4, -0.2) is 5.12 Å². The van der Waals surface area contributed by atoms with Gasteiger partial charge in [-0.15, -0.1) is 0 Å². The first-order chi connectivity index (χ1) is 6.68. The summed E-state index contributed by atoms with van der Waals surface area (Å²) in [7, 11) is 0. The molecular formula is C12H14OS. The fourth-order valence-corrected chi connectivity index (χ4v) is 1.90. The van der Waals surface area contributed by atoms with Crippen molar-refractivity contribution in [3.05, 3.63) is 48.0 Å². The van der Waals surface area contributed by atoms with Gasteiger partial charge in [0.05, 0.1) is 0 Å². The van der Waals surface area contributed by atoms with Gasteiger partial charge in [-0.25, -0.2) is 0 Å². The summed E-state index contributed by atoms with van der Waals surface area (Å²) >= 11 is 1.36. The molecule has 0 bridgehead atoms. The second-order valence-electron chi connectivity index (χ2n) is 3.28. The van der Waals surface area contributed by atoms with Gasteiger partial charge in [-0.05, 0) is 12.5 Å². The van der Waals surface area contributed by atoms with E-state index in [9.17, 15) is 4.79 Å². The topological polar surface area (TPSA) is 17.1 Å². The van der Waals surface area contributed by atoms with Crippen LogP contribution in [0, 0.1) is 0 Å². The third-order valence-corrected chi connectivity index (χ3v) is 2.63. The van der Waals surface area contributed by atoms with Gasteiger partial charge in [0.15, 0.2) is 5.12 Å². The van der Waals surface area contributed by atoms with E-state index in [0.717, 1.165) is 11.3 Å². The van der Waals surface area contributed by atoms with E-state index in [-0.39, 0.29) is 5.12 Å². The van der Waals surface area contributed by atoms with E-state index in [1.165, 1.54) is 17.3 Å².